The molecule has 0 saturated carbocycles. The average Bonchev–Trinajstić information content (AvgIpc) is 3.22. The Morgan fingerprint density at radius 2 is 1.62 bits per heavy atom. The van der Waals surface area contributed by atoms with E-state index in [1.807, 2.05) is 24.3 Å². The largest absolute Gasteiger partial charge is 0.494 e. The van der Waals surface area contributed by atoms with Crippen LogP contribution in [0.3, 0.4) is 0 Å². The molecule has 0 aliphatic heterocycles. The molecule has 2 heterocycles. The van der Waals surface area contributed by atoms with Gasteiger partial charge in [-0.2, -0.15) is 0 Å². The molecule has 0 unspecified atom stereocenters. The molecule has 8 heteroatoms. The topological polar surface area (TPSA) is 59.7 Å². The number of rotatable bonds is 13. The van der Waals surface area contributed by atoms with Gasteiger partial charge in [-0.05, 0) is 62.7 Å². The average molecular weight is 481 g/mol. The summed E-state index contributed by atoms with van der Waals surface area (Å²) in [4.78, 5) is 23.7. The molecule has 0 aliphatic carbocycles. The van der Waals surface area contributed by atoms with Gasteiger partial charge in [-0.3, -0.25) is 9.20 Å². The summed E-state index contributed by atoms with van der Waals surface area (Å²) in [5.74, 6) is 1.23. The molecule has 176 valence electrons. The number of carbonyl (C=O) groups excluding carboxylic acids is 1. The fourth-order valence-electron chi connectivity index (χ4n) is 3.42. The molecule has 32 heavy (non-hydrogen) atoms. The zero-order chi connectivity index (χ0) is 21.2. The molecule has 0 atom stereocenters. The monoisotopic (exact) mass is 480 g/mol. The number of imidazole rings is 1. The van der Waals surface area contributed by atoms with Gasteiger partial charge in [0.25, 0.3) is 0 Å². The Morgan fingerprint density at radius 1 is 0.969 bits per heavy atom. The first-order valence-corrected chi connectivity index (χ1v) is 11.0. The maximum atomic E-state index is 12.8. The molecule has 0 amide bonds. The van der Waals surface area contributed by atoms with E-state index < -0.39 is 0 Å². The molecule has 6 nitrogen and oxygen atoms in total. The molecular formula is C24H34Cl2N4O2. The summed E-state index contributed by atoms with van der Waals surface area (Å²) < 4.78 is 7.60. The summed E-state index contributed by atoms with van der Waals surface area (Å²) in [7, 11) is 0. The first-order valence-electron chi connectivity index (χ1n) is 11.0. The number of nitrogens with zero attached hydrogens (tertiary/aromatic N) is 4. The molecule has 3 aromatic rings. The van der Waals surface area contributed by atoms with Gasteiger partial charge in [0.15, 0.2) is 0 Å². The predicted molar refractivity (Wildman–Crippen MR) is 134 cm³/mol. The van der Waals surface area contributed by atoms with Gasteiger partial charge in [-0.25, -0.2) is 9.97 Å². The van der Waals surface area contributed by atoms with Crippen LogP contribution in [-0.4, -0.2) is 51.3 Å². The molecule has 0 N–H and O–H groups in total. The molecule has 0 bridgehead atoms. The van der Waals surface area contributed by atoms with Gasteiger partial charge >= 0.3 is 0 Å². The van der Waals surface area contributed by atoms with Crippen molar-refractivity contribution in [3.63, 3.8) is 0 Å². The maximum absolute atomic E-state index is 12.8. The van der Waals surface area contributed by atoms with Crippen molar-refractivity contribution in [2.45, 2.75) is 46.0 Å². The number of ether oxygens (including phenoxy) is 1. The van der Waals surface area contributed by atoms with E-state index in [4.69, 9.17) is 4.74 Å². The highest BCUT2D eigenvalue weighted by molar-refractivity contribution is 6.08. The van der Waals surface area contributed by atoms with Crippen molar-refractivity contribution in [2.24, 2.45) is 0 Å². The lowest BCUT2D eigenvalue weighted by molar-refractivity contribution is 0.103. The molecule has 0 saturated heterocycles. The van der Waals surface area contributed by atoms with Crippen molar-refractivity contribution >= 4 is 36.4 Å². The minimum absolute atomic E-state index is 0. The van der Waals surface area contributed by atoms with Gasteiger partial charge in [0.05, 0.1) is 12.8 Å². The van der Waals surface area contributed by atoms with Crippen molar-refractivity contribution in [3.8, 4) is 5.75 Å². The second kappa shape index (κ2) is 14.8. The number of benzene rings is 1. The molecule has 0 radical (unpaired) electrons. The molecular weight excluding hydrogens is 447 g/mol. The second-order valence-corrected chi connectivity index (χ2v) is 7.54. The Bertz CT molecular complexity index is 923. The van der Waals surface area contributed by atoms with Gasteiger partial charge in [0.1, 0.15) is 11.4 Å². The summed E-state index contributed by atoms with van der Waals surface area (Å²) in [5, 5.41) is 0. The molecule has 0 aliphatic rings. The van der Waals surface area contributed by atoms with Crippen molar-refractivity contribution in [2.75, 3.05) is 26.2 Å². The van der Waals surface area contributed by atoms with Crippen LogP contribution in [0.15, 0.2) is 48.9 Å². The van der Waals surface area contributed by atoms with Gasteiger partial charge in [0, 0.05) is 24.5 Å². The molecule has 1 aromatic carbocycles. The van der Waals surface area contributed by atoms with Gasteiger partial charge in [-0.1, -0.05) is 26.7 Å². The standard InChI is InChI=1S/C24H32N4O2.2ClH/c1-3-5-14-27(15-6-4-2)16-8-18-30-21-11-9-20(10-12-21)23(29)22-19-26-24-25-13-7-17-28(22)24;;/h7,9-13,17,19H,3-6,8,14-16,18H2,1-2H3;2*1H. The smallest absolute Gasteiger partial charge is 0.234 e. The van der Waals surface area contributed by atoms with Crippen LogP contribution < -0.4 is 4.74 Å². The quantitative estimate of drug-likeness (QED) is 0.239. The van der Waals surface area contributed by atoms with E-state index in [1.54, 1.807) is 29.1 Å². The predicted octanol–water partition coefficient (Wildman–Crippen LogP) is 5.48. The fraction of sp³-hybridized carbons (Fsp3) is 0.458. The summed E-state index contributed by atoms with van der Waals surface area (Å²) in [6, 6.07) is 9.12. The van der Waals surface area contributed by atoms with E-state index in [0.29, 0.717) is 23.6 Å². The lowest BCUT2D eigenvalue weighted by atomic mass is 10.1. The highest BCUT2D eigenvalue weighted by atomic mass is 35.5. The van der Waals surface area contributed by atoms with Crippen LogP contribution in [0, 0.1) is 0 Å². The van der Waals surface area contributed by atoms with Gasteiger partial charge < -0.3 is 9.64 Å². The number of carbonyl (C=O) groups is 1. The second-order valence-electron chi connectivity index (χ2n) is 7.54. The van der Waals surface area contributed by atoms with E-state index in [-0.39, 0.29) is 30.6 Å². The molecule has 2 aromatic heterocycles. The number of hydrogen-bond acceptors (Lipinski definition) is 5. The van der Waals surface area contributed by atoms with Crippen LogP contribution in [-0.2, 0) is 0 Å². The highest BCUT2D eigenvalue weighted by Crippen LogP contribution is 2.16. The lowest BCUT2D eigenvalue weighted by Crippen LogP contribution is -2.28. The van der Waals surface area contributed by atoms with Crippen LogP contribution in [0.4, 0.5) is 0 Å². The SMILES string of the molecule is CCCCN(CCCC)CCCOc1ccc(C(=O)c2cnc3ncccn23)cc1.Cl.Cl. The number of ketones is 1. The Hall–Kier alpha value is -2.15. The molecule has 3 rings (SSSR count). The Balaban J connectivity index is 0.00000256. The molecule has 0 fully saturated rings. The van der Waals surface area contributed by atoms with Crippen LogP contribution in [0.5, 0.6) is 5.75 Å². The number of halogens is 2. The maximum Gasteiger partial charge on any atom is 0.234 e. The van der Waals surface area contributed by atoms with Crippen molar-refractivity contribution in [3.05, 3.63) is 60.2 Å². The van der Waals surface area contributed by atoms with E-state index >= 15 is 0 Å². The van der Waals surface area contributed by atoms with Crippen molar-refractivity contribution in [1.29, 1.82) is 0 Å². The molecule has 0 spiro atoms. The first kappa shape index (κ1) is 27.9. The minimum atomic E-state index is -0.0791. The highest BCUT2D eigenvalue weighted by Gasteiger charge is 2.14. The van der Waals surface area contributed by atoms with Crippen LogP contribution in [0.1, 0.15) is 62.0 Å². The van der Waals surface area contributed by atoms with Crippen LogP contribution >= 0.6 is 24.8 Å². The number of aromatic nitrogens is 3. The normalized spacial score (nSPS) is 10.6. The minimum Gasteiger partial charge on any atom is -0.494 e. The number of hydrogen-bond donors (Lipinski definition) is 0. The van der Waals surface area contributed by atoms with Gasteiger partial charge in [-0.15, -0.1) is 24.8 Å². The van der Waals surface area contributed by atoms with E-state index in [9.17, 15) is 4.79 Å². The van der Waals surface area contributed by atoms with Crippen LogP contribution in [0.25, 0.3) is 5.78 Å². The Morgan fingerprint density at radius 3 is 2.28 bits per heavy atom. The lowest BCUT2D eigenvalue weighted by Gasteiger charge is -2.21. The Kier molecular flexibility index (Phi) is 12.9. The zero-order valence-corrected chi connectivity index (χ0v) is 20.5. The number of unbranched alkanes of at least 4 members (excludes halogenated alkanes) is 2. The first-order chi connectivity index (χ1) is 14.7. The Labute approximate surface area is 203 Å². The summed E-state index contributed by atoms with van der Waals surface area (Å²) >= 11 is 0. The van der Waals surface area contributed by atoms with Gasteiger partial charge in [0.2, 0.25) is 11.6 Å². The zero-order valence-electron chi connectivity index (χ0n) is 18.9. The number of fused-ring (bicyclic) bond motifs is 1. The summed E-state index contributed by atoms with van der Waals surface area (Å²) in [6.45, 7) is 8.57. The van der Waals surface area contributed by atoms with E-state index in [2.05, 4.69) is 28.7 Å². The summed E-state index contributed by atoms with van der Waals surface area (Å²) in [6.07, 6.45) is 11.0. The third-order valence-corrected chi connectivity index (χ3v) is 5.18. The fourth-order valence-corrected chi connectivity index (χ4v) is 3.42. The van der Waals surface area contributed by atoms with Crippen molar-refractivity contribution < 1.29 is 9.53 Å². The third-order valence-electron chi connectivity index (χ3n) is 5.18. The van der Waals surface area contributed by atoms with E-state index in [0.717, 1.165) is 18.7 Å². The van der Waals surface area contributed by atoms with Crippen molar-refractivity contribution in [1.82, 2.24) is 19.3 Å². The third kappa shape index (κ3) is 7.76. The summed E-state index contributed by atoms with van der Waals surface area (Å²) in [5.41, 5.74) is 1.12. The van der Waals surface area contributed by atoms with Crippen LogP contribution in [0.2, 0.25) is 0 Å². The van der Waals surface area contributed by atoms with E-state index in [1.165, 1.54) is 38.8 Å².